The van der Waals surface area contributed by atoms with E-state index in [-0.39, 0.29) is 17.5 Å². The predicted octanol–water partition coefficient (Wildman–Crippen LogP) is 2.78. The van der Waals surface area contributed by atoms with Crippen molar-refractivity contribution >= 4 is 17.6 Å². The van der Waals surface area contributed by atoms with Crippen LogP contribution in [0.1, 0.15) is 43.0 Å². The number of nitrogens with zero attached hydrogens (tertiary/aromatic N) is 4. The van der Waals surface area contributed by atoms with Gasteiger partial charge in [0.1, 0.15) is 0 Å². The summed E-state index contributed by atoms with van der Waals surface area (Å²) in [6, 6.07) is 6.94. The van der Waals surface area contributed by atoms with Crippen LogP contribution >= 0.6 is 0 Å². The van der Waals surface area contributed by atoms with E-state index in [1.807, 2.05) is 24.0 Å². The van der Waals surface area contributed by atoms with E-state index in [2.05, 4.69) is 21.0 Å². The maximum absolute atomic E-state index is 12.6. The van der Waals surface area contributed by atoms with Crippen LogP contribution < -0.4 is 4.90 Å². The lowest BCUT2D eigenvalue weighted by molar-refractivity contribution is -0.133. The zero-order valence-electron chi connectivity index (χ0n) is 15.5. The van der Waals surface area contributed by atoms with Crippen LogP contribution in [0.3, 0.4) is 0 Å². The number of amides is 1. The molecule has 1 unspecified atom stereocenters. The second-order valence-electron chi connectivity index (χ2n) is 7.12. The lowest BCUT2D eigenvalue weighted by Crippen LogP contribution is -2.54. The topological polar surface area (TPSA) is 85.6 Å². The van der Waals surface area contributed by atoms with E-state index >= 15 is 0 Å². The Labute approximate surface area is 159 Å². The highest BCUT2D eigenvalue weighted by Crippen LogP contribution is 2.37. The molecule has 1 fully saturated rings. The molecule has 7 nitrogen and oxygen atoms in total. The third kappa shape index (κ3) is 4.45. The number of carboxylic acids is 1. The molecule has 7 heteroatoms. The molecule has 27 heavy (non-hydrogen) atoms. The maximum atomic E-state index is 12.6. The number of benzene rings is 1. The first kappa shape index (κ1) is 18.9. The van der Waals surface area contributed by atoms with Crippen molar-refractivity contribution in [3.05, 3.63) is 29.8 Å². The highest BCUT2D eigenvalue weighted by molar-refractivity contribution is 5.88. The SMILES string of the molecule is C#CCCC1(CCC(=O)N2CCN(c3ccc(C(=O)O)cc3)CC2C)N=N1. The summed E-state index contributed by atoms with van der Waals surface area (Å²) in [7, 11) is 0. The van der Waals surface area contributed by atoms with Crippen LogP contribution in [0.25, 0.3) is 0 Å². The van der Waals surface area contributed by atoms with Crippen molar-refractivity contribution in [1.29, 1.82) is 0 Å². The van der Waals surface area contributed by atoms with Crippen molar-refractivity contribution in [2.75, 3.05) is 24.5 Å². The van der Waals surface area contributed by atoms with Crippen molar-refractivity contribution < 1.29 is 14.7 Å². The second kappa shape index (κ2) is 7.78. The van der Waals surface area contributed by atoms with Gasteiger partial charge in [0.2, 0.25) is 5.91 Å². The first-order valence-electron chi connectivity index (χ1n) is 9.19. The summed E-state index contributed by atoms with van der Waals surface area (Å²) in [5.41, 5.74) is 0.831. The van der Waals surface area contributed by atoms with Crippen molar-refractivity contribution in [2.45, 2.75) is 44.3 Å². The first-order chi connectivity index (χ1) is 12.9. The van der Waals surface area contributed by atoms with Gasteiger partial charge in [-0.1, -0.05) is 0 Å². The number of rotatable bonds is 7. The predicted molar refractivity (Wildman–Crippen MR) is 102 cm³/mol. The molecule has 0 saturated carbocycles. The van der Waals surface area contributed by atoms with E-state index in [0.717, 1.165) is 18.8 Å². The molecule has 1 amide bonds. The third-order valence-electron chi connectivity index (χ3n) is 5.22. The quantitative estimate of drug-likeness (QED) is 0.750. The Morgan fingerprint density at radius 2 is 1.96 bits per heavy atom. The van der Waals surface area contributed by atoms with Crippen LogP contribution in [-0.2, 0) is 4.79 Å². The van der Waals surface area contributed by atoms with Gasteiger partial charge in [-0.05, 0) is 31.2 Å². The highest BCUT2D eigenvalue weighted by atomic mass is 16.4. The Bertz CT molecular complexity index is 775. The summed E-state index contributed by atoms with van der Waals surface area (Å²) < 4.78 is 0. The molecule has 2 aliphatic heterocycles. The number of carbonyl (C=O) groups excluding carboxylic acids is 1. The number of hydrogen-bond donors (Lipinski definition) is 1. The molecule has 0 radical (unpaired) electrons. The van der Waals surface area contributed by atoms with Gasteiger partial charge in [0.25, 0.3) is 0 Å². The highest BCUT2D eigenvalue weighted by Gasteiger charge is 2.40. The van der Waals surface area contributed by atoms with Gasteiger partial charge in [-0.2, -0.15) is 10.2 Å². The Balaban J connectivity index is 1.51. The number of anilines is 1. The lowest BCUT2D eigenvalue weighted by atomic mass is 10.0. The summed E-state index contributed by atoms with van der Waals surface area (Å²) >= 11 is 0. The molecule has 1 atom stereocenters. The van der Waals surface area contributed by atoms with Crippen LogP contribution in [-0.4, -0.2) is 53.2 Å². The fourth-order valence-corrected chi connectivity index (χ4v) is 3.50. The minimum absolute atomic E-state index is 0.0835. The largest absolute Gasteiger partial charge is 0.478 e. The third-order valence-corrected chi connectivity index (χ3v) is 5.22. The van der Waals surface area contributed by atoms with Crippen molar-refractivity contribution in [3.8, 4) is 12.3 Å². The maximum Gasteiger partial charge on any atom is 0.335 e. The molecule has 0 aromatic heterocycles. The van der Waals surface area contributed by atoms with Crippen molar-refractivity contribution in [1.82, 2.24) is 4.90 Å². The number of aromatic carboxylic acids is 1. The Morgan fingerprint density at radius 3 is 2.52 bits per heavy atom. The molecule has 1 aromatic carbocycles. The number of hydrogen-bond acceptors (Lipinski definition) is 5. The molecule has 1 aromatic rings. The second-order valence-corrected chi connectivity index (χ2v) is 7.12. The van der Waals surface area contributed by atoms with E-state index in [9.17, 15) is 9.59 Å². The Kier molecular flexibility index (Phi) is 5.45. The van der Waals surface area contributed by atoms with Crippen LogP contribution in [0, 0.1) is 12.3 Å². The van der Waals surface area contributed by atoms with Gasteiger partial charge in [0.15, 0.2) is 5.66 Å². The number of carboxylic acid groups (broad SMARTS) is 1. The minimum Gasteiger partial charge on any atom is -0.478 e. The van der Waals surface area contributed by atoms with Gasteiger partial charge in [0.05, 0.1) is 5.56 Å². The summed E-state index contributed by atoms with van der Waals surface area (Å²) in [6.07, 6.45) is 7.68. The molecule has 2 aliphatic rings. The van der Waals surface area contributed by atoms with E-state index < -0.39 is 11.6 Å². The molecule has 3 rings (SSSR count). The van der Waals surface area contributed by atoms with Crippen LogP contribution in [0.15, 0.2) is 34.5 Å². The van der Waals surface area contributed by atoms with E-state index in [1.165, 1.54) is 0 Å². The van der Waals surface area contributed by atoms with Gasteiger partial charge in [-0.15, -0.1) is 12.3 Å². The molecule has 0 aliphatic carbocycles. The van der Waals surface area contributed by atoms with E-state index in [1.54, 1.807) is 12.1 Å². The lowest BCUT2D eigenvalue weighted by Gasteiger charge is -2.41. The molecule has 1 saturated heterocycles. The fraction of sp³-hybridized carbons (Fsp3) is 0.500. The first-order valence-corrected chi connectivity index (χ1v) is 9.19. The summed E-state index contributed by atoms with van der Waals surface area (Å²) in [6.45, 7) is 4.12. The minimum atomic E-state index is -0.931. The van der Waals surface area contributed by atoms with Crippen LogP contribution in [0.2, 0.25) is 0 Å². The smallest absolute Gasteiger partial charge is 0.335 e. The standard InChI is InChI=1S/C20H24N4O3/c1-3-4-10-20(21-22-20)11-9-18(25)24-13-12-23(14-15(24)2)17-7-5-16(6-8-17)19(26)27/h1,5-8,15H,4,9-14H2,2H3,(H,26,27). The van der Waals surface area contributed by atoms with Gasteiger partial charge >= 0.3 is 5.97 Å². The average molecular weight is 368 g/mol. The average Bonchev–Trinajstić information content (AvgIpc) is 3.45. The number of terminal acetylenes is 1. The zero-order chi connectivity index (χ0) is 19.4. The molecule has 1 N–H and O–H groups in total. The molecule has 0 bridgehead atoms. The summed E-state index contributed by atoms with van der Waals surface area (Å²) in [4.78, 5) is 27.7. The van der Waals surface area contributed by atoms with Gasteiger partial charge < -0.3 is 14.9 Å². The normalized spacial score (nSPS) is 20.2. The molecular formula is C20H24N4O3. The van der Waals surface area contributed by atoms with Crippen LogP contribution in [0.4, 0.5) is 5.69 Å². The Hall–Kier alpha value is -2.88. The van der Waals surface area contributed by atoms with Gasteiger partial charge in [0, 0.05) is 57.0 Å². The number of carbonyl (C=O) groups is 2. The van der Waals surface area contributed by atoms with E-state index in [0.29, 0.717) is 32.2 Å². The van der Waals surface area contributed by atoms with Crippen molar-refractivity contribution in [3.63, 3.8) is 0 Å². The summed E-state index contributed by atoms with van der Waals surface area (Å²) in [5.74, 6) is 1.79. The molecule has 2 heterocycles. The van der Waals surface area contributed by atoms with Crippen molar-refractivity contribution in [2.24, 2.45) is 10.2 Å². The van der Waals surface area contributed by atoms with Crippen LogP contribution in [0.5, 0.6) is 0 Å². The molecular weight excluding hydrogens is 344 g/mol. The molecule has 0 spiro atoms. The Morgan fingerprint density at radius 1 is 1.26 bits per heavy atom. The molecule has 142 valence electrons. The van der Waals surface area contributed by atoms with E-state index in [4.69, 9.17) is 11.5 Å². The zero-order valence-corrected chi connectivity index (χ0v) is 15.5. The number of piperazine rings is 1. The van der Waals surface area contributed by atoms with Gasteiger partial charge in [-0.3, -0.25) is 4.79 Å². The fourth-order valence-electron chi connectivity index (χ4n) is 3.50. The van der Waals surface area contributed by atoms with Gasteiger partial charge in [-0.25, -0.2) is 4.79 Å². The monoisotopic (exact) mass is 368 g/mol. The summed E-state index contributed by atoms with van der Waals surface area (Å²) in [5, 5.41) is 17.2.